The number of carbonyl (C=O) groups excluding carboxylic acids is 1. The van der Waals surface area contributed by atoms with Crippen molar-refractivity contribution in [3.63, 3.8) is 0 Å². The van der Waals surface area contributed by atoms with Crippen molar-refractivity contribution in [1.82, 2.24) is 25.5 Å². The van der Waals surface area contributed by atoms with Gasteiger partial charge in [0.1, 0.15) is 11.4 Å². The van der Waals surface area contributed by atoms with Gasteiger partial charge in [0.15, 0.2) is 5.82 Å². The van der Waals surface area contributed by atoms with Gasteiger partial charge < -0.3 is 15.4 Å². The Morgan fingerprint density at radius 2 is 2.22 bits per heavy atom. The number of hydrogen-bond acceptors (Lipinski definition) is 6. The van der Waals surface area contributed by atoms with E-state index in [2.05, 4.69) is 26.2 Å². The Morgan fingerprint density at radius 3 is 2.87 bits per heavy atom. The van der Waals surface area contributed by atoms with Gasteiger partial charge in [-0.2, -0.15) is 4.68 Å². The molecule has 8 nitrogen and oxygen atoms in total. The van der Waals surface area contributed by atoms with Gasteiger partial charge in [0, 0.05) is 11.6 Å². The average Bonchev–Trinajstić information content (AvgIpc) is 3.24. The maximum atomic E-state index is 11.7. The predicted octanol–water partition coefficient (Wildman–Crippen LogP) is 1.13. The smallest absolute Gasteiger partial charge is 0.238 e. The van der Waals surface area contributed by atoms with E-state index in [9.17, 15) is 4.79 Å². The van der Waals surface area contributed by atoms with E-state index in [0.717, 1.165) is 24.4 Å². The Labute approximate surface area is 140 Å². The van der Waals surface area contributed by atoms with E-state index < -0.39 is 0 Å². The summed E-state index contributed by atoms with van der Waals surface area (Å²) in [5, 5.41) is 17.6. The molecule has 0 saturated heterocycles. The molecule has 23 heavy (non-hydrogen) atoms. The minimum Gasteiger partial charge on any atom is -0.494 e. The highest BCUT2D eigenvalue weighted by Gasteiger charge is 2.30. The van der Waals surface area contributed by atoms with Gasteiger partial charge in [-0.1, -0.05) is 0 Å². The number of nitrogens with one attached hydrogen (secondary N) is 2. The average molecular weight is 339 g/mol. The highest BCUT2D eigenvalue weighted by atomic mass is 35.5. The van der Waals surface area contributed by atoms with Crippen LogP contribution in [0.1, 0.15) is 24.6 Å². The van der Waals surface area contributed by atoms with Crippen LogP contribution in [0.25, 0.3) is 5.69 Å². The van der Waals surface area contributed by atoms with E-state index in [4.69, 9.17) is 4.74 Å². The zero-order valence-electron chi connectivity index (χ0n) is 12.9. The van der Waals surface area contributed by atoms with Crippen LogP contribution in [-0.2, 0) is 4.79 Å². The molecule has 1 aromatic heterocycles. The molecule has 2 N–H and O–H groups in total. The zero-order valence-corrected chi connectivity index (χ0v) is 13.8. The summed E-state index contributed by atoms with van der Waals surface area (Å²) >= 11 is 0. The number of rotatable bonds is 6. The number of anilines is 1. The lowest BCUT2D eigenvalue weighted by Gasteiger charge is -2.12. The molecule has 1 aromatic carbocycles. The number of likely N-dealkylation sites (N-methyl/N-ethyl adjacent to an activating group) is 1. The number of hydrogen-bond donors (Lipinski definition) is 2. The van der Waals surface area contributed by atoms with Crippen LogP contribution >= 0.6 is 12.4 Å². The molecule has 1 saturated carbocycles. The molecular weight excluding hydrogens is 320 g/mol. The van der Waals surface area contributed by atoms with Gasteiger partial charge in [-0.3, -0.25) is 4.79 Å². The number of aromatic nitrogens is 4. The van der Waals surface area contributed by atoms with Gasteiger partial charge in [0.25, 0.3) is 0 Å². The molecule has 0 unspecified atom stereocenters. The summed E-state index contributed by atoms with van der Waals surface area (Å²) in [5.74, 6) is 1.78. The van der Waals surface area contributed by atoms with E-state index in [1.165, 1.54) is 0 Å². The van der Waals surface area contributed by atoms with E-state index >= 15 is 0 Å². The topological polar surface area (TPSA) is 94.0 Å². The monoisotopic (exact) mass is 338 g/mol. The van der Waals surface area contributed by atoms with Gasteiger partial charge in [0.05, 0.1) is 13.7 Å². The van der Waals surface area contributed by atoms with Crippen molar-refractivity contribution in [2.75, 3.05) is 26.0 Å². The summed E-state index contributed by atoms with van der Waals surface area (Å²) in [7, 11) is 3.32. The van der Waals surface area contributed by atoms with Crippen LogP contribution < -0.4 is 15.4 Å². The summed E-state index contributed by atoms with van der Waals surface area (Å²) in [5.41, 5.74) is 1.39. The van der Waals surface area contributed by atoms with Gasteiger partial charge >= 0.3 is 0 Å². The Hall–Kier alpha value is -2.19. The lowest BCUT2D eigenvalue weighted by Crippen LogP contribution is -2.25. The SMILES string of the molecule is CNCC(=O)Nc1ccc(OC)c(-n2nnnc2C2CC2)c1.Cl. The summed E-state index contributed by atoms with van der Waals surface area (Å²) in [6.07, 6.45) is 2.20. The first kappa shape index (κ1) is 17.2. The predicted molar refractivity (Wildman–Crippen MR) is 87.5 cm³/mol. The maximum Gasteiger partial charge on any atom is 0.238 e. The normalized spacial score (nSPS) is 13.3. The van der Waals surface area contributed by atoms with E-state index in [-0.39, 0.29) is 24.9 Å². The number of carbonyl (C=O) groups is 1. The van der Waals surface area contributed by atoms with Crippen molar-refractivity contribution in [3.05, 3.63) is 24.0 Å². The van der Waals surface area contributed by atoms with Crippen LogP contribution in [0.3, 0.4) is 0 Å². The Bertz CT molecular complexity index is 686. The maximum absolute atomic E-state index is 11.7. The van der Waals surface area contributed by atoms with Gasteiger partial charge in [-0.05, 0) is 48.5 Å². The van der Waals surface area contributed by atoms with Gasteiger partial charge in [-0.15, -0.1) is 17.5 Å². The molecule has 0 radical (unpaired) electrons. The molecule has 9 heteroatoms. The summed E-state index contributed by atoms with van der Waals surface area (Å²) in [6.45, 7) is 0.250. The number of amides is 1. The first-order valence-electron chi connectivity index (χ1n) is 7.14. The number of halogens is 1. The summed E-state index contributed by atoms with van der Waals surface area (Å²) in [6, 6.07) is 5.40. The van der Waals surface area contributed by atoms with Crippen LogP contribution in [0.4, 0.5) is 5.69 Å². The minimum atomic E-state index is -0.113. The van der Waals surface area contributed by atoms with Crippen LogP contribution in [0, 0.1) is 0 Å². The van der Waals surface area contributed by atoms with Crippen molar-refractivity contribution in [2.24, 2.45) is 0 Å². The fraction of sp³-hybridized carbons (Fsp3) is 0.429. The number of methoxy groups -OCH3 is 1. The van der Waals surface area contributed by atoms with Crippen LogP contribution in [0.5, 0.6) is 5.75 Å². The third-order valence-electron chi connectivity index (χ3n) is 3.46. The third kappa shape index (κ3) is 3.77. The second-order valence-corrected chi connectivity index (χ2v) is 5.19. The van der Waals surface area contributed by atoms with Crippen molar-refractivity contribution in [3.8, 4) is 11.4 Å². The first-order valence-corrected chi connectivity index (χ1v) is 7.14. The number of tetrazole rings is 1. The molecule has 1 fully saturated rings. The number of nitrogens with zero attached hydrogens (tertiary/aromatic N) is 4. The number of ether oxygens (including phenoxy) is 1. The highest BCUT2D eigenvalue weighted by Crippen LogP contribution is 2.40. The molecule has 0 aliphatic heterocycles. The lowest BCUT2D eigenvalue weighted by atomic mass is 10.2. The number of benzene rings is 1. The van der Waals surface area contributed by atoms with E-state index in [1.54, 1.807) is 31.0 Å². The zero-order chi connectivity index (χ0) is 15.5. The van der Waals surface area contributed by atoms with Crippen molar-refractivity contribution in [2.45, 2.75) is 18.8 Å². The summed E-state index contributed by atoms with van der Waals surface area (Å²) in [4.78, 5) is 11.7. The Morgan fingerprint density at radius 1 is 1.43 bits per heavy atom. The molecule has 1 aliphatic rings. The lowest BCUT2D eigenvalue weighted by molar-refractivity contribution is -0.115. The molecule has 2 aromatic rings. The van der Waals surface area contributed by atoms with E-state index in [1.807, 2.05) is 6.07 Å². The molecule has 124 valence electrons. The van der Waals surface area contributed by atoms with Crippen molar-refractivity contribution >= 4 is 24.0 Å². The third-order valence-corrected chi connectivity index (χ3v) is 3.46. The second-order valence-electron chi connectivity index (χ2n) is 5.19. The molecular formula is C14H19ClN6O2. The fourth-order valence-electron chi connectivity index (χ4n) is 2.26. The molecule has 1 amide bonds. The molecule has 3 rings (SSSR count). The minimum absolute atomic E-state index is 0. The molecule has 1 aliphatic carbocycles. The quantitative estimate of drug-likeness (QED) is 0.820. The standard InChI is InChI=1S/C14H18N6O2.ClH/c1-15-8-13(21)16-10-5-6-12(22-2)11(7-10)20-14(9-3-4-9)17-18-19-20;/h5-7,9,15H,3-4,8H2,1-2H3,(H,16,21);1H. The van der Waals surface area contributed by atoms with Crippen molar-refractivity contribution in [1.29, 1.82) is 0 Å². The van der Waals surface area contributed by atoms with Crippen LogP contribution in [0.15, 0.2) is 18.2 Å². The largest absolute Gasteiger partial charge is 0.494 e. The van der Waals surface area contributed by atoms with Gasteiger partial charge in [0.2, 0.25) is 5.91 Å². The molecule has 0 atom stereocenters. The van der Waals surface area contributed by atoms with Crippen molar-refractivity contribution < 1.29 is 9.53 Å². The first-order chi connectivity index (χ1) is 10.7. The van der Waals surface area contributed by atoms with Gasteiger partial charge in [-0.25, -0.2) is 0 Å². The molecule has 0 bridgehead atoms. The Balaban J connectivity index is 0.00000192. The van der Waals surface area contributed by atoms with Crippen LogP contribution in [0.2, 0.25) is 0 Å². The van der Waals surface area contributed by atoms with Crippen LogP contribution in [-0.4, -0.2) is 46.8 Å². The molecule has 1 heterocycles. The second kappa shape index (κ2) is 7.38. The fourth-order valence-corrected chi connectivity index (χ4v) is 2.26. The molecule has 0 spiro atoms. The highest BCUT2D eigenvalue weighted by molar-refractivity contribution is 5.92. The Kier molecular flexibility index (Phi) is 5.51. The van der Waals surface area contributed by atoms with E-state index in [0.29, 0.717) is 17.4 Å². The summed E-state index contributed by atoms with van der Waals surface area (Å²) < 4.78 is 7.08.